The van der Waals surface area contributed by atoms with Crippen molar-refractivity contribution in [3.63, 3.8) is 0 Å². The van der Waals surface area contributed by atoms with Crippen molar-refractivity contribution in [2.24, 2.45) is 0 Å². The summed E-state index contributed by atoms with van der Waals surface area (Å²) in [6.45, 7) is 11.3. The van der Waals surface area contributed by atoms with Gasteiger partial charge in [0.1, 0.15) is 6.07 Å². The Morgan fingerprint density at radius 2 is 1.80 bits per heavy atom. The van der Waals surface area contributed by atoms with Crippen molar-refractivity contribution in [1.29, 1.82) is 5.26 Å². The standard InChI is InChI=1S/C34H38N6O/c1-24-30-11-14-36-33(30)10-9-32(24)38-34-28(21-35)22-37-25(2)31(34)8-7-26-3-5-27(6-4-26)23-39-15-12-29(13-16-39)40-17-19-41-20-18-40/h3-11,14,22,29,36H,12-13,15-20,23H2,1-2H3,(H,37,38)/b8-7+. The predicted molar refractivity (Wildman–Crippen MR) is 166 cm³/mol. The van der Waals surface area contributed by atoms with Crippen LogP contribution in [0.25, 0.3) is 23.1 Å². The topological polar surface area (TPSA) is 80.2 Å². The van der Waals surface area contributed by atoms with Crippen molar-refractivity contribution in [1.82, 2.24) is 19.8 Å². The number of rotatable bonds is 7. The molecule has 4 heterocycles. The number of likely N-dealkylation sites (tertiary alicyclic amines) is 1. The molecular formula is C34H38N6O. The number of aromatic amines is 1. The van der Waals surface area contributed by atoms with Crippen LogP contribution in [0.1, 0.15) is 46.4 Å². The number of nitrogens with one attached hydrogen (secondary N) is 2. The lowest BCUT2D eigenvalue weighted by atomic mass is 10.0. The van der Waals surface area contributed by atoms with Gasteiger partial charge in [0.05, 0.1) is 24.5 Å². The van der Waals surface area contributed by atoms with Crippen LogP contribution in [0.5, 0.6) is 0 Å². The minimum Gasteiger partial charge on any atom is -0.379 e. The lowest BCUT2D eigenvalue weighted by molar-refractivity contribution is 0.000231. The molecule has 0 atom stereocenters. The molecule has 0 spiro atoms. The zero-order valence-electron chi connectivity index (χ0n) is 24.0. The van der Waals surface area contributed by atoms with E-state index in [1.807, 2.05) is 13.1 Å². The average molecular weight is 547 g/mol. The van der Waals surface area contributed by atoms with E-state index in [9.17, 15) is 5.26 Å². The first-order valence-electron chi connectivity index (χ1n) is 14.6. The molecular weight excluding hydrogens is 508 g/mol. The maximum Gasteiger partial charge on any atom is 0.103 e. The number of aryl methyl sites for hydroxylation is 2. The van der Waals surface area contributed by atoms with Crippen molar-refractivity contribution in [3.8, 4) is 6.07 Å². The second-order valence-corrected chi connectivity index (χ2v) is 11.2. The van der Waals surface area contributed by atoms with Crippen LogP contribution in [-0.4, -0.2) is 65.2 Å². The van der Waals surface area contributed by atoms with Crippen molar-refractivity contribution in [3.05, 3.63) is 88.4 Å². The van der Waals surface area contributed by atoms with E-state index in [4.69, 9.17) is 4.74 Å². The van der Waals surface area contributed by atoms with Gasteiger partial charge in [-0.2, -0.15) is 5.26 Å². The molecule has 2 aliphatic rings. The van der Waals surface area contributed by atoms with Crippen molar-refractivity contribution < 1.29 is 4.74 Å². The van der Waals surface area contributed by atoms with E-state index < -0.39 is 0 Å². The van der Waals surface area contributed by atoms with Gasteiger partial charge in [-0.3, -0.25) is 14.8 Å². The normalized spacial score (nSPS) is 17.3. The Morgan fingerprint density at radius 3 is 2.56 bits per heavy atom. The van der Waals surface area contributed by atoms with Gasteiger partial charge in [-0.1, -0.05) is 36.4 Å². The number of aromatic nitrogens is 2. The summed E-state index contributed by atoms with van der Waals surface area (Å²) in [4.78, 5) is 13.0. The number of pyridine rings is 1. The zero-order valence-corrected chi connectivity index (χ0v) is 24.0. The van der Waals surface area contributed by atoms with Crippen LogP contribution in [0.15, 0.2) is 54.9 Å². The first kappa shape index (κ1) is 27.2. The van der Waals surface area contributed by atoms with Crippen LogP contribution in [0.3, 0.4) is 0 Å². The highest BCUT2D eigenvalue weighted by Crippen LogP contribution is 2.32. The Morgan fingerprint density at radius 1 is 1.02 bits per heavy atom. The number of benzene rings is 2. The van der Waals surface area contributed by atoms with Gasteiger partial charge in [0.25, 0.3) is 0 Å². The highest BCUT2D eigenvalue weighted by atomic mass is 16.5. The average Bonchev–Trinajstić information content (AvgIpc) is 3.50. The van der Waals surface area contributed by atoms with Gasteiger partial charge in [-0.05, 0) is 74.7 Å². The molecule has 2 aliphatic heterocycles. The second kappa shape index (κ2) is 12.3. The van der Waals surface area contributed by atoms with Gasteiger partial charge in [0.2, 0.25) is 0 Å². The number of nitrogens with zero attached hydrogens (tertiary/aromatic N) is 4. The maximum absolute atomic E-state index is 9.88. The van der Waals surface area contributed by atoms with Gasteiger partial charge in [0.15, 0.2) is 0 Å². The number of H-pyrrole nitrogens is 1. The number of fused-ring (bicyclic) bond motifs is 1. The number of piperidine rings is 1. The van der Waals surface area contributed by atoms with E-state index in [1.165, 1.54) is 18.4 Å². The molecule has 7 heteroatoms. The van der Waals surface area contributed by atoms with Crippen LogP contribution in [0.2, 0.25) is 0 Å². The Bertz CT molecular complexity index is 1570. The summed E-state index contributed by atoms with van der Waals surface area (Å²) >= 11 is 0. The largest absolute Gasteiger partial charge is 0.379 e. The highest BCUT2D eigenvalue weighted by molar-refractivity contribution is 5.90. The molecule has 0 bridgehead atoms. The molecule has 0 aliphatic carbocycles. The molecule has 2 fully saturated rings. The number of morpholine rings is 1. The molecule has 0 radical (unpaired) electrons. The minimum atomic E-state index is 0.525. The van der Waals surface area contributed by atoms with E-state index in [-0.39, 0.29) is 0 Å². The molecule has 2 N–H and O–H groups in total. The lowest BCUT2D eigenvalue weighted by Gasteiger charge is -2.40. The lowest BCUT2D eigenvalue weighted by Crippen LogP contribution is -2.48. The summed E-state index contributed by atoms with van der Waals surface area (Å²) in [6, 6.07) is 18.1. The fourth-order valence-corrected chi connectivity index (χ4v) is 6.16. The number of anilines is 2. The molecule has 210 valence electrons. The molecule has 4 aromatic rings. The third kappa shape index (κ3) is 6.06. The summed E-state index contributed by atoms with van der Waals surface area (Å²) < 4.78 is 5.53. The second-order valence-electron chi connectivity index (χ2n) is 11.2. The zero-order chi connectivity index (χ0) is 28.2. The van der Waals surface area contributed by atoms with Crippen LogP contribution < -0.4 is 5.32 Å². The van der Waals surface area contributed by atoms with E-state index >= 15 is 0 Å². The predicted octanol–water partition coefficient (Wildman–Crippen LogP) is 6.26. The molecule has 41 heavy (non-hydrogen) atoms. The van der Waals surface area contributed by atoms with Crippen LogP contribution >= 0.6 is 0 Å². The fourth-order valence-electron chi connectivity index (χ4n) is 6.16. The quantitative estimate of drug-likeness (QED) is 0.285. The smallest absolute Gasteiger partial charge is 0.103 e. The van der Waals surface area contributed by atoms with Gasteiger partial charge in [-0.15, -0.1) is 0 Å². The third-order valence-electron chi connectivity index (χ3n) is 8.65. The van der Waals surface area contributed by atoms with E-state index in [1.54, 1.807) is 6.20 Å². The van der Waals surface area contributed by atoms with E-state index in [0.717, 1.165) is 90.6 Å². The molecule has 7 nitrogen and oxygen atoms in total. The monoisotopic (exact) mass is 546 g/mol. The Labute approximate surface area is 242 Å². The van der Waals surface area contributed by atoms with Crippen molar-refractivity contribution >= 4 is 34.4 Å². The number of hydrogen-bond donors (Lipinski definition) is 2. The molecule has 2 aromatic heterocycles. The Balaban J connectivity index is 1.14. The maximum atomic E-state index is 9.88. The van der Waals surface area contributed by atoms with Crippen molar-refractivity contribution in [2.45, 2.75) is 39.3 Å². The van der Waals surface area contributed by atoms with Gasteiger partial charge in [0, 0.05) is 65.9 Å². The molecule has 0 amide bonds. The summed E-state index contributed by atoms with van der Waals surface area (Å²) in [5.41, 5.74) is 8.78. The number of hydrogen-bond acceptors (Lipinski definition) is 6. The third-order valence-corrected chi connectivity index (χ3v) is 8.65. The minimum absolute atomic E-state index is 0.525. The van der Waals surface area contributed by atoms with E-state index in [0.29, 0.717) is 11.6 Å². The first-order chi connectivity index (χ1) is 20.1. The van der Waals surface area contributed by atoms with Crippen LogP contribution in [-0.2, 0) is 11.3 Å². The summed E-state index contributed by atoms with van der Waals surface area (Å²) in [5, 5.41) is 14.6. The van der Waals surface area contributed by atoms with Crippen LogP contribution in [0.4, 0.5) is 11.4 Å². The molecule has 2 aromatic carbocycles. The number of ether oxygens (including phenoxy) is 1. The van der Waals surface area contributed by atoms with Gasteiger partial charge >= 0.3 is 0 Å². The molecule has 6 rings (SSSR count). The molecule has 0 saturated carbocycles. The van der Waals surface area contributed by atoms with Gasteiger partial charge < -0.3 is 15.0 Å². The summed E-state index contributed by atoms with van der Waals surface area (Å²) in [6.07, 6.45) is 10.3. The Kier molecular flexibility index (Phi) is 8.15. The fraction of sp³-hybridized carbons (Fsp3) is 0.353. The molecule has 0 unspecified atom stereocenters. The highest BCUT2D eigenvalue weighted by Gasteiger charge is 2.25. The first-order valence-corrected chi connectivity index (χ1v) is 14.6. The van der Waals surface area contributed by atoms with Gasteiger partial charge in [-0.25, -0.2) is 0 Å². The van der Waals surface area contributed by atoms with Crippen molar-refractivity contribution in [2.75, 3.05) is 44.7 Å². The molecule has 2 saturated heterocycles. The number of nitriles is 1. The Hall–Kier alpha value is -3.96. The summed E-state index contributed by atoms with van der Waals surface area (Å²) in [5.74, 6) is 0. The van der Waals surface area contributed by atoms with Crippen LogP contribution in [0, 0.1) is 25.2 Å². The summed E-state index contributed by atoms with van der Waals surface area (Å²) in [7, 11) is 0. The SMILES string of the molecule is Cc1ncc(C#N)c(Nc2ccc3[nH]ccc3c2C)c1/C=C/c1ccc(CN2CCC(N3CCOCC3)CC2)cc1. The van der Waals surface area contributed by atoms with E-state index in [2.05, 4.69) is 92.7 Å².